The molecule has 1 saturated heterocycles. The van der Waals surface area contributed by atoms with Crippen molar-refractivity contribution in [1.29, 1.82) is 0 Å². The Balaban J connectivity index is 1.87. The predicted octanol–water partition coefficient (Wildman–Crippen LogP) is 3.03. The first-order valence-electron chi connectivity index (χ1n) is 7.24. The molecule has 3 rings (SSSR count). The van der Waals surface area contributed by atoms with E-state index in [0.29, 0.717) is 0 Å². The van der Waals surface area contributed by atoms with Crippen molar-refractivity contribution in [3.05, 3.63) is 71.8 Å². The molecule has 2 aromatic rings. The molecule has 0 aliphatic carbocycles. The van der Waals surface area contributed by atoms with E-state index in [1.807, 2.05) is 60.7 Å². The van der Waals surface area contributed by atoms with Crippen molar-refractivity contribution in [3.63, 3.8) is 0 Å². The molecule has 2 aromatic carbocycles. The minimum atomic E-state index is -0.905. The van der Waals surface area contributed by atoms with Crippen molar-refractivity contribution < 1.29 is 18.9 Å². The third kappa shape index (κ3) is 2.55. The van der Waals surface area contributed by atoms with Crippen molar-refractivity contribution in [2.24, 2.45) is 0 Å². The molecule has 0 saturated carbocycles. The molecule has 22 heavy (non-hydrogen) atoms. The van der Waals surface area contributed by atoms with Crippen molar-refractivity contribution in [2.45, 2.75) is 11.6 Å². The summed E-state index contributed by atoms with van der Waals surface area (Å²) in [5.74, 6) is -1.81. The Morgan fingerprint density at radius 2 is 1.05 bits per heavy atom. The first kappa shape index (κ1) is 15.2. The van der Waals surface area contributed by atoms with E-state index in [-0.39, 0.29) is 13.2 Å². The second-order valence-electron chi connectivity index (χ2n) is 5.22. The van der Waals surface area contributed by atoms with Crippen molar-refractivity contribution in [1.82, 2.24) is 0 Å². The third-order valence-electron chi connectivity index (χ3n) is 4.08. The maximum Gasteiger partial charge on any atom is 0.219 e. The van der Waals surface area contributed by atoms with Gasteiger partial charge < -0.3 is 18.9 Å². The molecule has 1 heterocycles. The fraction of sp³-hybridized carbons (Fsp3) is 0.333. The fourth-order valence-electron chi connectivity index (χ4n) is 2.70. The van der Waals surface area contributed by atoms with E-state index in [1.165, 1.54) is 0 Å². The van der Waals surface area contributed by atoms with Crippen LogP contribution in [0, 0.1) is 0 Å². The lowest BCUT2D eigenvalue weighted by Crippen LogP contribution is -2.52. The van der Waals surface area contributed by atoms with E-state index in [2.05, 4.69) is 0 Å². The summed E-state index contributed by atoms with van der Waals surface area (Å²) in [5, 5.41) is 0. The van der Waals surface area contributed by atoms with Gasteiger partial charge in [-0.05, 0) is 0 Å². The third-order valence-corrected chi connectivity index (χ3v) is 4.08. The van der Waals surface area contributed by atoms with Gasteiger partial charge in [0.15, 0.2) is 0 Å². The smallest absolute Gasteiger partial charge is 0.219 e. The van der Waals surface area contributed by atoms with Crippen molar-refractivity contribution in [2.75, 3.05) is 27.4 Å². The maximum absolute atomic E-state index is 6.09. The van der Waals surface area contributed by atoms with E-state index in [1.54, 1.807) is 14.2 Å². The Kier molecular flexibility index (Phi) is 4.27. The molecule has 4 nitrogen and oxygen atoms in total. The Bertz CT molecular complexity index is 533. The first-order chi connectivity index (χ1) is 10.7. The molecule has 0 radical (unpaired) electrons. The zero-order valence-corrected chi connectivity index (χ0v) is 12.8. The van der Waals surface area contributed by atoms with Gasteiger partial charge in [0.05, 0.1) is 0 Å². The van der Waals surface area contributed by atoms with Crippen LogP contribution in [0.25, 0.3) is 0 Å². The number of hydrogen-bond acceptors (Lipinski definition) is 4. The van der Waals surface area contributed by atoms with Crippen LogP contribution < -0.4 is 0 Å². The summed E-state index contributed by atoms with van der Waals surface area (Å²) in [4.78, 5) is 0. The van der Waals surface area contributed by atoms with Gasteiger partial charge in [-0.15, -0.1) is 0 Å². The average molecular weight is 300 g/mol. The van der Waals surface area contributed by atoms with Gasteiger partial charge in [0.2, 0.25) is 11.6 Å². The van der Waals surface area contributed by atoms with Crippen LogP contribution in [0.4, 0.5) is 0 Å². The van der Waals surface area contributed by atoms with Gasteiger partial charge in [0.25, 0.3) is 0 Å². The van der Waals surface area contributed by atoms with Gasteiger partial charge in [-0.25, -0.2) is 0 Å². The number of rotatable bonds is 4. The maximum atomic E-state index is 6.09. The minimum Gasteiger partial charge on any atom is -0.347 e. The molecule has 2 atom stereocenters. The van der Waals surface area contributed by atoms with Gasteiger partial charge in [0, 0.05) is 25.3 Å². The van der Waals surface area contributed by atoms with Gasteiger partial charge >= 0.3 is 0 Å². The molecule has 0 aromatic heterocycles. The minimum absolute atomic E-state index is 0.246. The van der Waals surface area contributed by atoms with Crippen LogP contribution in [0.5, 0.6) is 0 Å². The normalized spacial score (nSPS) is 28.5. The summed E-state index contributed by atoms with van der Waals surface area (Å²) in [6.07, 6.45) is 0. The molecule has 1 fully saturated rings. The molecule has 1 aliphatic heterocycles. The van der Waals surface area contributed by atoms with E-state index in [0.717, 1.165) is 11.1 Å². The molecule has 4 heteroatoms. The molecule has 0 bridgehead atoms. The molecule has 116 valence electrons. The summed E-state index contributed by atoms with van der Waals surface area (Å²) in [6, 6.07) is 19.6. The molecule has 0 amide bonds. The van der Waals surface area contributed by atoms with Crippen molar-refractivity contribution >= 4 is 0 Å². The second kappa shape index (κ2) is 6.18. The number of benzene rings is 2. The Labute approximate surface area is 130 Å². The summed E-state index contributed by atoms with van der Waals surface area (Å²) < 4.78 is 23.5. The Morgan fingerprint density at radius 3 is 1.32 bits per heavy atom. The highest BCUT2D eigenvalue weighted by atomic mass is 16.8. The summed E-state index contributed by atoms with van der Waals surface area (Å²) in [6.45, 7) is 0.493. The van der Waals surface area contributed by atoms with Crippen LogP contribution in [0.1, 0.15) is 11.1 Å². The topological polar surface area (TPSA) is 36.9 Å². The van der Waals surface area contributed by atoms with Gasteiger partial charge in [-0.1, -0.05) is 60.7 Å². The van der Waals surface area contributed by atoms with Gasteiger partial charge in [0.1, 0.15) is 13.2 Å². The molecule has 2 unspecified atom stereocenters. The summed E-state index contributed by atoms with van der Waals surface area (Å²) >= 11 is 0. The van der Waals surface area contributed by atoms with Crippen LogP contribution in [-0.2, 0) is 30.5 Å². The zero-order valence-electron chi connectivity index (χ0n) is 12.8. The molecular weight excluding hydrogens is 280 g/mol. The van der Waals surface area contributed by atoms with Crippen LogP contribution in [0.15, 0.2) is 60.7 Å². The lowest BCUT2D eigenvalue weighted by Gasteiger charge is -2.44. The molecule has 1 aliphatic rings. The van der Waals surface area contributed by atoms with E-state index in [4.69, 9.17) is 18.9 Å². The van der Waals surface area contributed by atoms with Crippen LogP contribution in [-0.4, -0.2) is 27.4 Å². The Morgan fingerprint density at radius 1 is 0.682 bits per heavy atom. The average Bonchev–Trinajstić information content (AvgIpc) is 2.63. The lowest BCUT2D eigenvalue weighted by atomic mass is 10.0. The molecular formula is C18H20O4. The number of methoxy groups -OCH3 is 2. The standard InChI is InChI=1S/C18H20O4/c1-19-17(15-9-5-3-6-10-15)13-22-18(20-2,14-21-17)16-11-7-4-8-12-16/h3-12H,13-14H2,1-2H3. The zero-order chi connectivity index (χ0) is 15.5. The molecule has 0 spiro atoms. The predicted molar refractivity (Wildman–Crippen MR) is 82.2 cm³/mol. The SMILES string of the molecule is COC1(c2ccccc2)COC(OC)(c2ccccc2)CO1. The largest absolute Gasteiger partial charge is 0.347 e. The number of hydrogen-bond donors (Lipinski definition) is 0. The quantitative estimate of drug-likeness (QED) is 0.869. The highest BCUT2D eigenvalue weighted by molar-refractivity contribution is 5.24. The highest BCUT2D eigenvalue weighted by Gasteiger charge is 2.47. The lowest BCUT2D eigenvalue weighted by molar-refractivity contribution is -0.389. The first-order valence-corrected chi connectivity index (χ1v) is 7.24. The van der Waals surface area contributed by atoms with E-state index >= 15 is 0 Å². The van der Waals surface area contributed by atoms with Crippen LogP contribution >= 0.6 is 0 Å². The van der Waals surface area contributed by atoms with E-state index < -0.39 is 11.6 Å². The second-order valence-corrected chi connectivity index (χ2v) is 5.22. The monoisotopic (exact) mass is 300 g/mol. The summed E-state index contributed by atoms with van der Waals surface area (Å²) in [5.41, 5.74) is 1.85. The van der Waals surface area contributed by atoms with Gasteiger partial charge in [-0.2, -0.15) is 0 Å². The van der Waals surface area contributed by atoms with Crippen LogP contribution in [0.3, 0.4) is 0 Å². The van der Waals surface area contributed by atoms with Gasteiger partial charge in [-0.3, -0.25) is 0 Å². The summed E-state index contributed by atoms with van der Waals surface area (Å²) in [7, 11) is 3.25. The van der Waals surface area contributed by atoms with Crippen molar-refractivity contribution in [3.8, 4) is 0 Å². The fourth-order valence-corrected chi connectivity index (χ4v) is 2.70. The molecule has 0 N–H and O–H groups in total. The number of ether oxygens (including phenoxy) is 4. The Hall–Kier alpha value is -1.72. The highest BCUT2D eigenvalue weighted by Crippen LogP contribution is 2.39. The van der Waals surface area contributed by atoms with E-state index in [9.17, 15) is 0 Å². The van der Waals surface area contributed by atoms with Crippen LogP contribution in [0.2, 0.25) is 0 Å².